The summed E-state index contributed by atoms with van der Waals surface area (Å²) >= 11 is 0. The predicted molar refractivity (Wildman–Crippen MR) is 21.3 cm³/mol. The molecule has 0 spiro atoms. The molecule has 0 aliphatic rings. The van der Waals surface area contributed by atoms with E-state index in [-0.39, 0.29) is 66.7 Å². The van der Waals surface area contributed by atoms with Gasteiger partial charge in [0.05, 0.1) is 0 Å². The van der Waals surface area contributed by atoms with E-state index in [0.717, 1.165) is 0 Å². The molecule has 0 saturated heterocycles. The van der Waals surface area contributed by atoms with E-state index in [2.05, 4.69) is 13.5 Å². The van der Waals surface area contributed by atoms with Crippen LogP contribution >= 0.6 is 0 Å². The van der Waals surface area contributed by atoms with Crippen LogP contribution in [0.4, 0.5) is 0 Å². The monoisotopic (exact) mass is 142 g/mol. The Labute approximate surface area is 85.7 Å². The van der Waals surface area contributed by atoms with Crippen LogP contribution in [0, 0.1) is 6.92 Å². The number of rotatable bonds is 0. The summed E-state index contributed by atoms with van der Waals surface area (Å²) < 4.78 is 0. The first-order valence-corrected chi connectivity index (χ1v) is 0.816. The van der Waals surface area contributed by atoms with Gasteiger partial charge in [0.1, 0.15) is 0 Å². The average molecular weight is 143 g/mol. The van der Waals surface area contributed by atoms with Crippen LogP contribution in [0.25, 0.3) is 0 Å². The SMILES string of the molecule is C=C[CH2-].[Cl-].[Cl-].[Li+].[Mg+2]. The van der Waals surface area contributed by atoms with Gasteiger partial charge in [-0.1, -0.05) is 0 Å². The molecule has 0 bridgehead atoms. The van der Waals surface area contributed by atoms with Crippen molar-refractivity contribution in [1.29, 1.82) is 0 Å². The third kappa shape index (κ3) is 96.5. The number of hydrogen-bond acceptors (Lipinski definition) is 0. The van der Waals surface area contributed by atoms with Crippen molar-refractivity contribution < 1.29 is 43.7 Å². The molecule has 0 aliphatic heterocycles. The first kappa shape index (κ1) is 38.6. The summed E-state index contributed by atoms with van der Waals surface area (Å²) in [4.78, 5) is 0. The molecule has 0 aromatic heterocycles. The van der Waals surface area contributed by atoms with E-state index in [9.17, 15) is 0 Å². The first-order chi connectivity index (χ1) is 1.41. The standard InChI is InChI=1S/C3H5.2ClH.Li.Mg/c1-3-2;;;;/h3H,1-2H2;2*1H;;/q-1;;;+1;+2/p-2. The molecule has 0 amide bonds. The Bertz CT molecular complexity index is 20.4. The Hall–Kier alpha value is 1.55. The van der Waals surface area contributed by atoms with Crippen molar-refractivity contribution in [2.24, 2.45) is 0 Å². The molecule has 0 fully saturated rings. The molecule has 0 N–H and O–H groups in total. The molecule has 0 unspecified atom stereocenters. The molecule has 0 heterocycles. The van der Waals surface area contributed by atoms with Gasteiger partial charge in [0, 0.05) is 0 Å². The summed E-state index contributed by atoms with van der Waals surface area (Å²) in [6.07, 6.45) is 1.50. The van der Waals surface area contributed by atoms with Crippen LogP contribution in [0.15, 0.2) is 12.7 Å². The van der Waals surface area contributed by atoms with Gasteiger partial charge in [-0.15, -0.1) is 0 Å². The van der Waals surface area contributed by atoms with E-state index in [4.69, 9.17) is 0 Å². The third-order valence-electron chi connectivity index (χ3n) is 0. The summed E-state index contributed by atoms with van der Waals surface area (Å²) in [6.45, 7) is 6.50. The molecule has 34 valence electrons. The summed E-state index contributed by atoms with van der Waals surface area (Å²) in [7, 11) is 0. The van der Waals surface area contributed by atoms with Crippen LogP contribution in [0.1, 0.15) is 0 Å². The fourth-order valence-corrected chi connectivity index (χ4v) is 0. The first-order valence-electron chi connectivity index (χ1n) is 0.816. The molecule has 7 heavy (non-hydrogen) atoms. The molecule has 0 aliphatic carbocycles. The molecular formula is C3H5Cl2LiMg. The van der Waals surface area contributed by atoms with Crippen molar-refractivity contribution in [1.82, 2.24) is 0 Å². The van der Waals surface area contributed by atoms with Crippen LogP contribution in [0.5, 0.6) is 0 Å². The second-order valence-corrected chi connectivity index (χ2v) is 0.289. The van der Waals surface area contributed by atoms with Gasteiger partial charge >= 0.3 is 41.9 Å². The molecule has 0 aromatic rings. The predicted octanol–water partition coefficient (Wildman–Crippen LogP) is -8.36. The number of halogens is 2. The minimum atomic E-state index is 0. The van der Waals surface area contributed by atoms with Crippen LogP contribution in [0.3, 0.4) is 0 Å². The Balaban J connectivity index is -0.00000000333. The van der Waals surface area contributed by atoms with Crippen molar-refractivity contribution in [3.8, 4) is 0 Å². The Morgan fingerprint density at radius 3 is 1.29 bits per heavy atom. The molecule has 0 radical (unpaired) electrons. The minimum absolute atomic E-state index is 0. The van der Waals surface area contributed by atoms with Crippen molar-refractivity contribution in [3.63, 3.8) is 0 Å². The molecule has 0 nitrogen and oxygen atoms in total. The zero-order valence-corrected chi connectivity index (χ0v) is 7.38. The maximum atomic E-state index is 3.25. The smallest absolute Gasteiger partial charge is 1.00 e. The van der Waals surface area contributed by atoms with E-state index < -0.39 is 0 Å². The maximum Gasteiger partial charge on any atom is 2.00 e. The van der Waals surface area contributed by atoms with Gasteiger partial charge in [0.2, 0.25) is 0 Å². The summed E-state index contributed by atoms with van der Waals surface area (Å²) in [6, 6.07) is 0. The topological polar surface area (TPSA) is 0 Å². The Kier molecular flexibility index (Phi) is 275. The quantitative estimate of drug-likeness (QED) is 0.233. The zero-order valence-electron chi connectivity index (χ0n) is 4.45. The van der Waals surface area contributed by atoms with E-state index in [1.165, 1.54) is 6.08 Å². The summed E-state index contributed by atoms with van der Waals surface area (Å²) in [5.74, 6) is 0. The van der Waals surface area contributed by atoms with Crippen molar-refractivity contribution >= 4 is 23.1 Å². The van der Waals surface area contributed by atoms with Crippen molar-refractivity contribution in [2.75, 3.05) is 0 Å². The molecule has 0 saturated carbocycles. The van der Waals surface area contributed by atoms with E-state index >= 15 is 0 Å². The fraction of sp³-hybridized carbons (Fsp3) is 0. The van der Waals surface area contributed by atoms with E-state index in [1.807, 2.05) is 0 Å². The Morgan fingerprint density at radius 1 is 1.29 bits per heavy atom. The van der Waals surface area contributed by atoms with Gasteiger partial charge in [0.15, 0.2) is 0 Å². The van der Waals surface area contributed by atoms with E-state index in [1.54, 1.807) is 0 Å². The van der Waals surface area contributed by atoms with Crippen LogP contribution in [-0.4, -0.2) is 23.1 Å². The number of hydrogen-bond donors (Lipinski definition) is 0. The van der Waals surface area contributed by atoms with Crippen molar-refractivity contribution in [2.45, 2.75) is 0 Å². The van der Waals surface area contributed by atoms with E-state index in [0.29, 0.717) is 0 Å². The normalized spacial score (nSPS) is 1.71. The summed E-state index contributed by atoms with van der Waals surface area (Å²) in [5, 5.41) is 0. The van der Waals surface area contributed by atoms with Crippen LogP contribution in [-0.2, 0) is 0 Å². The second-order valence-electron chi connectivity index (χ2n) is 0.289. The van der Waals surface area contributed by atoms with Gasteiger partial charge < -0.3 is 24.8 Å². The van der Waals surface area contributed by atoms with Gasteiger partial charge in [-0.2, -0.15) is 0 Å². The molecule has 0 aromatic carbocycles. The largest absolute Gasteiger partial charge is 2.00 e. The maximum absolute atomic E-state index is 3.25. The van der Waals surface area contributed by atoms with Gasteiger partial charge in [-0.3, -0.25) is 0 Å². The zero-order chi connectivity index (χ0) is 2.71. The van der Waals surface area contributed by atoms with Gasteiger partial charge in [-0.05, 0) is 0 Å². The van der Waals surface area contributed by atoms with Crippen molar-refractivity contribution in [3.05, 3.63) is 19.6 Å². The fourth-order valence-electron chi connectivity index (χ4n) is 0. The molecule has 0 atom stereocenters. The average Bonchev–Trinajstić information content (AvgIpc) is 0.918. The third-order valence-corrected chi connectivity index (χ3v) is 0. The molecule has 0 rings (SSSR count). The van der Waals surface area contributed by atoms with Crippen LogP contribution in [0.2, 0.25) is 0 Å². The second kappa shape index (κ2) is 49.8. The number of allylic oxidation sites excluding steroid dienone is 1. The van der Waals surface area contributed by atoms with Gasteiger partial charge in [0.25, 0.3) is 0 Å². The summed E-state index contributed by atoms with van der Waals surface area (Å²) in [5.41, 5.74) is 0. The minimum Gasteiger partial charge on any atom is -1.00 e. The molecule has 4 heteroatoms. The molecular weight excluding hydrogens is 138 g/mol. The van der Waals surface area contributed by atoms with Crippen LogP contribution < -0.4 is 43.7 Å². The van der Waals surface area contributed by atoms with Gasteiger partial charge in [-0.25, -0.2) is 19.6 Å². The Morgan fingerprint density at radius 2 is 1.29 bits per heavy atom.